The van der Waals surface area contributed by atoms with E-state index in [9.17, 15) is 4.39 Å². The molecule has 1 nitrogen and oxygen atoms in total. The summed E-state index contributed by atoms with van der Waals surface area (Å²) in [7, 11) is 0. The van der Waals surface area contributed by atoms with Crippen LogP contribution in [0, 0.1) is 11.7 Å². The Morgan fingerprint density at radius 1 is 1.21 bits per heavy atom. The first-order valence-electron chi connectivity index (χ1n) is 7.41. The van der Waals surface area contributed by atoms with Crippen LogP contribution in [0.3, 0.4) is 0 Å². The molecule has 0 bridgehead atoms. The molecule has 1 aromatic carbocycles. The fourth-order valence-corrected chi connectivity index (χ4v) is 2.19. The molecule has 1 unspecified atom stereocenters. The molecule has 0 heterocycles. The van der Waals surface area contributed by atoms with E-state index in [0.717, 1.165) is 24.9 Å². The van der Waals surface area contributed by atoms with Crippen molar-refractivity contribution >= 4 is 0 Å². The highest BCUT2D eigenvalue weighted by atomic mass is 19.1. The van der Waals surface area contributed by atoms with Crippen molar-refractivity contribution in [2.75, 3.05) is 6.54 Å². The van der Waals surface area contributed by atoms with E-state index in [4.69, 9.17) is 0 Å². The van der Waals surface area contributed by atoms with Gasteiger partial charge >= 0.3 is 0 Å². The van der Waals surface area contributed by atoms with E-state index < -0.39 is 0 Å². The summed E-state index contributed by atoms with van der Waals surface area (Å²) in [4.78, 5) is 0. The largest absolute Gasteiger partial charge is 0.312 e. The number of hydrogen-bond acceptors (Lipinski definition) is 1. The third-order valence-electron chi connectivity index (χ3n) is 3.35. The lowest BCUT2D eigenvalue weighted by Crippen LogP contribution is -2.39. The van der Waals surface area contributed by atoms with Crippen LogP contribution >= 0.6 is 0 Å². The molecule has 0 aliphatic carbocycles. The molecule has 0 aliphatic rings. The molecular formula is C17H28FN. The van der Waals surface area contributed by atoms with Crippen molar-refractivity contribution in [2.45, 2.75) is 58.9 Å². The highest BCUT2D eigenvalue weighted by molar-refractivity contribution is 5.17. The standard InChI is InChI=1S/C17H28FN/c1-5-6-9-14(13-19-17(2,3)4)12-15-10-7-8-11-16(15)18/h7-8,10-11,14,19H,5-6,9,12-13H2,1-4H3. The number of unbranched alkanes of at least 4 members (excludes halogenated alkanes) is 1. The van der Waals surface area contributed by atoms with Crippen LogP contribution in [-0.2, 0) is 6.42 Å². The Labute approximate surface area is 117 Å². The van der Waals surface area contributed by atoms with E-state index in [1.54, 1.807) is 12.1 Å². The van der Waals surface area contributed by atoms with E-state index in [2.05, 4.69) is 33.0 Å². The molecule has 0 aliphatic heterocycles. The first kappa shape index (κ1) is 16.2. The SMILES string of the molecule is CCCCC(CNC(C)(C)C)Cc1ccccc1F. The zero-order valence-electron chi connectivity index (χ0n) is 12.8. The van der Waals surface area contributed by atoms with Gasteiger partial charge in [-0.05, 0) is 57.7 Å². The van der Waals surface area contributed by atoms with Gasteiger partial charge in [-0.1, -0.05) is 38.0 Å². The first-order chi connectivity index (χ1) is 8.92. The molecule has 0 saturated carbocycles. The minimum Gasteiger partial charge on any atom is -0.312 e. The monoisotopic (exact) mass is 265 g/mol. The summed E-state index contributed by atoms with van der Waals surface area (Å²) in [6.45, 7) is 9.68. The molecule has 108 valence electrons. The maximum absolute atomic E-state index is 13.7. The van der Waals surface area contributed by atoms with Crippen LogP contribution in [0.25, 0.3) is 0 Å². The summed E-state index contributed by atoms with van der Waals surface area (Å²) < 4.78 is 13.7. The quantitative estimate of drug-likeness (QED) is 0.762. The number of benzene rings is 1. The van der Waals surface area contributed by atoms with Crippen molar-refractivity contribution in [1.82, 2.24) is 5.32 Å². The lowest BCUT2D eigenvalue weighted by atomic mass is 9.93. The Hall–Kier alpha value is -0.890. The van der Waals surface area contributed by atoms with Crippen LogP contribution in [0.4, 0.5) is 4.39 Å². The van der Waals surface area contributed by atoms with Crippen LogP contribution in [0.15, 0.2) is 24.3 Å². The van der Waals surface area contributed by atoms with Crippen LogP contribution in [-0.4, -0.2) is 12.1 Å². The highest BCUT2D eigenvalue weighted by Gasteiger charge is 2.15. The Bertz CT molecular complexity index is 368. The molecule has 1 N–H and O–H groups in total. The average molecular weight is 265 g/mol. The molecule has 19 heavy (non-hydrogen) atoms. The normalized spacial score (nSPS) is 13.5. The van der Waals surface area contributed by atoms with Crippen LogP contribution in [0.1, 0.15) is 52.5 Å². The molecule has 0 amide bonds. The second-order valence-corrected chi connectivity index (χ2v) is 6.43. The maximum atomic E-state index is 13.7. The fraction of sp³-hybridized carbons (Fsp3) is 0.647. The minimum atomic E-state index is -0.0697. The van der Waals surface area contributed by atoms with Gasteiger partial charge in [-0.2, -0.15) is 0 Å². The zero-order valence-corrected chi connectivity index (χ0v) is 12.8. The molecule has 1 aromatic rings. The van der Waals surface area contributed by atoms with Crippen LogP contribution in [0.2, 0.25) is 0 Å². The molecule has 1 rings (SSSR count). The summed E-state index contributed by atoms with van der Waals surface area (Å²) in [6, 6.07) is 7.15. The van der Waals surface area contributed by atoms with E-state index in [1.807, 2.05) is 12.1 Å². The molecule has 0 radical (unpaired) electrons. The summed E-state index contributed by atoms with van der Waals surface area (Å²) in [5, 5.41) is 3.55. The second-order valence-electron chi connectivity index (χ2n) is 6.43. The van der Waals surface area contributed by atoms with Crippen LogP contribution < -0.4 is 5.32 Å². The molecule has 0 aromatic heterocycles. The molecule has 0 fully saturated rings. The lowest BCUT2D eigenvalue weighted by molar-refractivity contribution is 0.349. The Kier molecular flexibility index (Phi) is 6.50. The van der Waals surface area contributed by atoms with Gasteiger partial charge in [0.15, 0.2) is 0 Å². The fourth-order valence-electron chi connectivity index (χ4n) is 2.19. The first-order valence-corrected chi connectivity index (χ1v) is 7.41. The summed E-state index contributed by atoms with van der Waals surface area (Å²) in [5.41, 5.74) is 0.971. The number of nitrogens with one attached hydrogen (secondary N) is 1. The maximum Gasteiger partial charge on any atom is 0.126 e. The second kappa shape index (κ2) is 7.64. The van der Waals surface area contributed by atoms with Crippen molar-refractivity contribution in [3.63, 3.8) is 0 Å². The van der Waals surface area contributed by atoms with E-state index in [-0.39, 0.29) is 11.4 Å². The Morgan fingerprint density at radius 3 is 2.47 bits per heavy atom. The summed E-state index contributed by atoms with van der Waals surface area (Å²) in [6.07, 6.45) is 4.40. The van der Waals surface area contributed by atoms with Crippen molar-refractivity contribution in [2.24, 2.45) is 5.92 Å². The van der Waals surface area contributed by atoms with Crippen molar-refractivity contribution in [1.29, 1.82) is 0 Å². The van der Waals surface area contributed by atoms with Gasteiger partial charge in [-0.25, -0.2) is 4.39 Å². The molecule has 1 atom stereocenters. The minimum absolute atomic E-state index is 0.0697. The van der Waals surface area contributed by atoms with Crippen molar-refractivity contribution in [3.05, 3.63) is 35.6 Å². The number of rotatable bonds is 7. The topological polar surface area (TPSA) is 12.0 Å². The molecular weight excluding hydrogens is 237 g/mol. The van der Waals surface area contributed by atoms with Gasteiger partial charge in [0, 0.05) is 5.54 Å². The van der Waals surface area contributed by atoms with E-state index >= 15 is 0 Å². The number of hydrogen-bond donors (Lipinski definition) is 1. The summed E-state index contributed by atoms with van der Waals surface area (Å²) >= 11 is 0. The van der Waals surface area contributed by atoms with Gasteiger partial charge in [0.05, 0.1) is 0 Å². The zero-order chi connectivity index (χ0) is 14.3. The van der Waals surface area contributed by atoms with Crippen LogP contribution in [0.5, 0.6) is 0 Å². The number of halogens is 1. The van der Waals surface area contributed by atoms with E-state index in [0.29, 0.717) is 5.92 Å². The third-order valence-corrected chi connectivity index (χ3v) is 3.35. The predicted molar refractivity (Wildman–Crippen MR) is 80.9 cm³/mol. The Balaban J connectivity index is 2.61. The smallest absolute Gasteiger partial charge is 0.126 e. The van der Waals surface area contributed by atoms with Gasteiger partial charge in [-0.3, -0.25) is 0 Å². The third kappa shape index (κ3) is 6.72. The predicted octanol–water partition coefficient (Wildman–Crippen LogP) is 4.56. The van der Waals surface area contributed by atoms with E-state index in [1.165, 1.54) is 12.8 Å². The Morgan fingerprint density at radius 2 is 1.89 bits per heavy atom. The lowest BCUT2D eigenvalue weighted by Gasteiger charge is -2.25. The average Bonchev–Trinajstić information content (AvgIpc) is 2.34. The highest BCUT2D eigenvalue weighted by Crippen LogP contribution is 2.18. The van der Waals surface area contributed by atoms with Gasteiger partial charge in [0.25, 0.3) is 0 Å². The summed E-state index contributed by atoms with van der Waals surface area (Å²) in [5.74, 6) is 0.441. The van der Waals surface area contributed by atoms with Gasteiger partial charge in [0.1, 0.15) is 5.82 Å². The molecule has 0 spiro atoms. The van der Waals surface area contributed by atoms with Gasteiger partial charge < -0.3 is 5.32 Å². The van der Waals surface area contributed by atoms with Gasteiger partial charge in [-0.15, -0.1) is 0 Å². The van der Waals surface area contributed by atoms with Crippen molar-refractivity contribution < 1.29 is 4.39 Å². The van der Waals surface area contributed by atoms with Crippen molar-refractivity contribution in [3.8, 4) is 0 Å². The molecule has 2 heteroatoms. The molecule has 0 saturated heterocycles. The van der Waals surface area contributed by atoms with Gasteiger partial charge in [0.2, 0.25) is 0 Å².